The van der Waals surface area contributed by atoms with Crippen LogP contribution < -0.4 is 0 Å². The fraction of sp³-hybridized carbons (Fsp3) is 0.913. The lowest BCUT2D eigenvalue weighted by molar-refractivity contribution is -0.0568. The first kappa shape index (κ1) is 17.1. The molecular weight excluding hydrogens is 292 g/mol. The minimum atomic E-state index is -0.0732. The Morgan fingerprint density at radius 1 is 1.12 bits per heavy atom. The van der Waals surface area contributed by atoms with Gasteiger partial charge in [0.15, 0.2) is 0 Å². The zero-order valence-corrected chi connectivity index (χ0v) is 16.4. The van der Waals surface area contributed by atoms with Gasteiger partial charge in [0.1, 0.15) is 0 Å². The van der Waals surface area contributed by atoms with Gasteiger partial charge < -0.3 is 5.11 Å². The smallest absolute Gasteiger partial charge is 0.0577 e. The van der Waals surface area contributed by atoms with E-state index < -0.39 is 0 Å². The Morgan fingerprint density at radius 2 is 1.92 bits per heavy atom. The Hall–Kier alpha value is -0.300. The molecule has 1 heteroatoms. The van der Waals surface area contributed by atoms with Crippen LogP contribution in [-0.2, 0) is 0 Å². The van der Waals surface area contributed by atoms with Crippen LogP contribution in [0.3, 0.4) is 0 Å². The van der Waals surface area contributed by atoms with Gasteiger partial charge in [-0.2, -0.15) is 0 Å². The average Bonchev–Trinajstić information content (AvgIpc) is 2.92. The van der Waals surface area contributed by atoms with E-state index in [1.54, 1.807) is 5.57 Å². The van der Waals surface area contributed by atoms with Gasteiger partial charge in [-0.25, -0.2) is 0 Å². The van der Waals surface area contributed by atoms with Gasteiger partial charge in [0.2, 0.25) is 0 Å². The molecule has 0 bridgehead atoms. The van der Waals surface area contributed by atoms with Crippen molar-refractivity contribution in [3.63, 3.8) is 0 Å². The van der Waals surface area contributed by atoms with E-state index in [1.807, 2.05) is 0 Å². The quantitative estimate of drug-likeness (QED) is 0.618. The molecule has 1 nitrogen and oxygen atoms in total. The van der Waals surface area contributed by atoms with Crippen molar-refractivity contribution < 1.29 is 5.11 Å². The predicted molar refractivity (Wildman–Crippen MR) is 101 cm³/mol. The molecule has 3 fully saturated rings. The van der Waals surface area contributed by atoms with E-state index in [0.29, 0.717) is 10.8 Å². The fourth-order valence-electron chi connectivity index (χ4n) is 7.90. The summed E-state index contributed by atoms with van der Waals surface area (Å²) in [5, 5.41) is 10.1. The van der Waals surface area contributed by atoms with E-state index in [9.17, 15) is 5.11 Å². The van der Waals surface area contributed by atoms with Crippen molar-refractivity contribution in [2.45, 2.75) is 91.6 Å². The van der Waals surface area contributed by atoms with E-state index in [4.69, 9.17) is 0 Å². The van der Waals surface area contributed by atoms with Gasteiger partial charge in [-0.15, -0.1) is 0 Å². The van der Waals surface area contributed by atoms with Crippen LogP contribution in [0.5, 0.6) is 0 Å². The molecule has 0 saturated heterocycles. The van der Waals surface area contributed by atoms with Crippen molar-refractivity contribution in [2.24, 2.45) is 40.4 Å². The number of hydrogen-bond donors (Lipinski definition) is 1. The summed E-state index contributed by atoms with van der Waals surface area (Å²) in [6.45, 7) is 10.1. The number of aliphatic hydroxyl groups is 1. The summed E-state index contributed by atoms with van der Waals surface area (Å²) in [6, 6.07) is 0. The molecule has 4 rings (SSSR count). The molecule has 0 aromatic carbocycles. The summed E-state index contributed by atoms with van der Waals surface area (Å²) in [4.78, 5) is 0. The molecule has 4 aliphatic rings. The van der Waals surface area contributed by atoms with Gasteiger partial charge in [-0.05, 0) is 91.8 Å². The molecule has 1 N–H and O–H groups in total. The lowest BCUT2D eigenvalue weighted by Crippen LogP contribution is -2.50. The SMILES string of the molecule is CCC(C)[C@H]1CCC2C3CC=C4C[C@@H](O)CCC4(C)C3CC[C@@]21C. The molecule has 24 heavy (non-hydrogen) atoms. The third-order valence-corrected chi connectivity index (χ3v) is 9.48. The van der Waals surface area contributed by atoms with Crippen molar-refractivity contribution in [3.8, 4) is 0 Å². The molecule has 0 aromatic heterocycles. The minimum Gasteiger partial charge on any atom is -0.393 e. The average molecular weight is 331 g/mol. The molecule has 0 amide bonds. The fourth-order valence-corrected chi connectivity index (χ4v) is 7.90. The van der Waals surface area contributed by atoms with Gasteiger partial charge in [0, 0.05) is 0 Å². The van der Waals surface area contributed by atoms with Crippen LogP contribution in [0.25, 0.3) is 0 Å². The van der Waals surface area contributed by atoms with E-state index in [-0.39, 0.29) is 6.10 Å². The molecule has 5 unspecified atom stereocenters. The zero-order chi connectivity index (χ0) is 17.1. The monoisotopic (exact) mass is 330 g/mol. The van der Waals surface area contributed by atoms with Crippen molar-refractivity contribution in [2.75, 3.05) is 0 Å². The Bertz CT molecular complexity index is 522. The Labute approximate surface area is 149 Å². The second-order valence-electron chi connectivity index (χ2n) is 10.3. The van der Waals surface area contributed by atoms with Crippen molar-refractivity contribution in [1.29, 1.82) is 0 Å². The number of aliphatic hydroxyl groups excluding tert-OH is 1. The van der Waals surface area contributed by atoms with Crippen LogP contribution in [0.2, 0.25) is 0 Å². The largest absolute Gasteiger partial charge is 0.393 e. The maximum atomic E-state index is 10.1. The Kier molecular flexibility index (Phi) is 4.18. The molecule has 4 aliphatic carbocycles. The maximum Gasteiger partial charge on any atom is 0.0577 e. The maximum absolute atomic E-state index is 10.1. The van der Waals surface area contributed by atoms with Crippen LogP contribution in [0.4, 0.5) is 0 Å². The Morgan fingerprint density at radius 3 is 2.67 bits per heavy atom. The first-order valence-electron chi connectivity index (χ1n) is 10.8. The summed E-state index contributed by atoms with van der Waals surface area (Å²) in [5.41, 5.74) is 2.62. The number of hydrogen-bond acceptors (Lipinski definition) is 1. The minimum absolute atomic E-state index is 0.0732. The lowest BCUT2D eigenvalue weighted by atomic mass is 9.47. The first-order chi connectivity index (χ1) is 11.4. The molecule has 0 heterocycles. The van der Waals surface area contributed by atoms with Crippen molar-refractivity contribution >= 4 is 0 Å². The summed E-state index contributed by atoms with van der Waals surface area (Å²) in [5.74, 6) is 4.61. The molecular formula is C23H38O. The highest BCUT2D eigenvalue weighted by Crippen LogP contribution is 2.67. The molecule has 8 atom stereocenters. The van der Waals surface area contributed by atoms with Crippen LogP contribution in [0, 0.1) is 40.4 Å². The number of rotatable bonds is 2. The topological polar surface area (TPSA) is 20.2 Å². The van der Waals surface area contributed by atoms with E-state index in [1.165, 1.54) is 44.9 Å². The van der Waals surface area contributed by atoms with Gasteiger partial charge in [0.25, 0.3) is 0 Å². The first-order valence-corrected chi connectivity index (χ1v) is 10.8. The third-order valence-electron chi connectivity index (χ3n) is 9.48. The molecule has 3 saturated carbocycles. The number of fused-ring (bicyclic) bond motifs is 5. The van der Waals surface area contributed by atoms with Gasteiger partial charge in [-0.1, -0.05) is 45.8 Å². The molecule has 0 aliphatic heterocycles. The summed E-state index contributed by atoms with van der Waals surface area (Å²) < 4.78 is 0. The highest BCUT2D eigenvalue weighted by Gasteiger charge is 2.58. The molecule has 0 radical (unpaired) electrons. The lowest BCUT2D eigenvalue weighted by Gasteiger charge is -2.58. The summed E-state index contributed by atoms with van der Waals surface area (Å²) in [7, 11) is 0. The Balaban J connectivity index is 1.63. The molecule has 0 spiro atoms. The van der Waals surface area contributed by atoms with Crippen molar-refractivity contribution in [3.05, 3.63) is 11.6 Å². The molecule has 136 valence electrons. The summed E-state index contributed by atoms with van der Waals surface area (Å²) >= 11 is 0. The highest BCUT2D eigenvalue weighted by atomic mass is 16.3. The standard InChI is InChI=1S/C23H38O/c1-5-15(2)19-8-9-20-18-7-6-16-14-17(24)10-12-22(16,3)21(18)11-13-23(19,20)4/h6,15,17-21,24H,5,7-14H2,1-4H3/t15?,17-,18?,19+,20?,21?,22?,23+/m0/s1. The zero-order valence-electron chi connectivity index (χ0n) is 16.4. The predicted octanol–water partition coefficient (Wildman–Crippen LogP) is 5.97. The van der Waals surface area contributed by atoms with E-state index in [0.717, 1.165) is 42.4 Å². The van der Waals surface area contributed by atoms with Gasteiger partial charge in [-0.3, -0.25) is 0 Å². The van der Waals surface area contributed by atoms with Crippen LogP contribution >= 0.6 is 0 Å². The van der Waals surface area contributed by atoms with E-state index in [2.05, 4.69) is 33.8 Å². The molecule has 0 aromatic rings. The van der Waals surface area contributed by atoms with Crippen LogP contribution in [0.15, 0.2) is 11.6 Å². The third kappa shape index (κ3) is 2.29. The van der Waals surface area contributed by atoms with Crippen molar-refractivity contribution in [1.82, 2.24) is 0 Å². The number of allylic oxidation sites excluding steroid dienone is 1. The normalized spacial score (nSPS) is 52.0. The van der Waals surface area contributed by atoms with Gasteiger partial charge >= 0.3 is 0 Å². The summed E-state index contributed by atoms with van der Waals surface area (Å²) in [6.07, 6.45) is 14.2. The highest BCUT2D eigenvalue weighted by molar-refractivity contribution is 5.25. The van der Waals surface area contributed by atoms with Crippen LogP contribution in [-0.4, -0.2) is 11.2 Å². The van der Waals surface area contributed by atoms with Crippen LogP contribution in [0.1, 0.15) is 85.5 Å². The van der Waals surface area contributed by atoms with Gasteiger partial charge in [0.05, 0.1) is 6.10 Å². The second-order valence-corrected chi connectivity index (χ2v) is 10.3. The second kappa shape index (κ2) is 5.86. The van der Waals surface area contributed by atoms with E-state index >= 15 is 0 Å².